The second kappa shape index (κ2) is 6.01. The van der Waals surface area contributed by atoms with E-state index in [4.69, 9.17) is 10.9 Å². The van der Waals surface area contributed by atoms with E-state index >= 15 is 0 Å². The molecule has 1 saturated heterocycles. The topological polar surface area (TPSA) is 111 Å². The van der Waals surface area contributed by atoms with Crippen molar-refractivity contribution in [2.24, 2.45) is 16.8 Å². The predicted octanol–water partition coefficient (Wildman–Crippen LogP) is 1.07. The molecule has 0 amide bonds. The second-order valence-electron chi connectivity index (χ2n) is 5.36. The number of benzene rings is 1. The number of amidine groups is 1. The minimum atomic E-state index is 0.0762. The van der Waals surface area contributed by atoms with E-state index in [1.165, 1.54) is 12.8 Å². The van der Waals surface area contributed by atoms with Gasteiger partial charge < -0.3 is 26.6 Å². The van der Waals surface area contributed by atoms with Gasteiger partial charge in [0, 0.05) is 12.1 Å². The molecule has 112 valence electrons. The molecule has 0 radical (unpaired) electrons. The lowest BCUT2D eigenvalue weighted by Gasteiger charge is -2.22. The molecule has 2 aromatic rings. The van der Waals surface area contributed by atoms with E-state index in [2.05, 4.69) is 25.8 Å². The second-order valence-corrected chi connectivity index (χ2v) is 5.36. The summed E-state index contributed by atoms with van der Waals surface area (Å²) in [4.78, 5) is 7.70. The van der Waals surface area contributed by atoms with Crippen molar-refractivity contribution in [3.8, 4) is 0 Å². The number of rotatable bonds is 4. The van der Waals surface area contributed by atoms with Crippen molar-refractivity contribution in [1.82, 2.24) is 15.3 Å². The number of para-hydroxylation sites is 1. The van der Waals surface area contributed by atoms with Crippen LogP contribution in [0.2, 0.25) is 0 Å². The molecule has 1 aliphatic heterocycles. The Hall–Kier alpha value is -2.28. The van der Waals surface area contributed by atoms with E-state index in [1.54, 1.807) is 6.07 Å². The maximum atomic E-state index is 8.83. The Morgan fingerprint density at radius 1 is 1.52 bits per heavy atom. The third kappa shape index (κ3) is 2.92. The number of aromatic nitrogens is 2. The molecule has 1 atom stereocenters. The van der Waals surface area contributed by atoms with Gasteiger partial charge in [0.05, 0.1) is 11.0 Å². The SMILES string of the molecule is NC(=NO)c1cccc2nc(NCC3CCCNC3)[nH]c12. The lowest BCUT2D eigenvalue weighted by atomic mass is 10.00. The molecule has 1 fully saturated rings. The quantitative estimate of drug-likeness (QED) is 0.250. The zero-order valence-corrected chi connectivity index (χ0v) is 11.8. The summed E-state index contributed by atoms with van der Waals surface area (Å²) in [6.07, 6.45) is 2.45. The Morgan fingerprint density at radius 2 is 2.43 bits per heavy atom. The summed E-state index contributed by atoms with van der Waals surface area (Å²) >= 11 is 0. The number of hydrogen-bond acceptors (Lipinski definition) is 5. The molecule has 2 heterocycles. The highest BCUT2D eigenvalue weighted by Crippen LogP contribution is 2.19. The molecule has 6 N–H and O–H groups in total. The van der Waals surface area contributed by atoms with Crippen molar-refractivity contribution in [3.63, 3.8) is 0 Å². The molecule has 7 heteroatoms. The minimum absolute atomic E-state index is 0.0762. The normalized spacial score (nSPS) is 19.8. The van der Waals surface area contributed by atoms with Crippen LogP contribution in [0.25, 0.3) is 11.0 Å². The van der Waals surface area contributed by atoms with Crippen LogP contribution in [-0.2, 0) is 0 Å². The van der Waals surface area contributed by atoms with E-state index in [-0.39, 0.29) is 5.84 Å². The van der Waals surface area contributed by atoms with E-state index in [1.807, 2.05) is 12.1 Å². The van der Waals surface area contributed by atoms with Gasteiger partial charge in [-0.15, -0.1) is 0 Å². The highest BCUT2D eigenvalue weighted by molar-refractivity contribution is 6.07. The number of H-pyrrole nitrogens is 1. The van der Waals surface area contributed by atoms with Crippen molar-refractivity contribution in [2.75, 3.05) is 25.0 Å². The first-order chi connectivity index (χ1) is 10.3. The van der Waals surface area contributed by atoms with Crippen molar-refractivity contribution < 1.29 is 5.21 Å². The number of hydrogen-bond donors (Lipinski definition) is 5. The van der Waals surface area contributed by atoms with E-state index in [9.17, 15) is 0 Å². The van der Waals surface area contributed by atoms with Crippen LogP contribution in [0.15, 0.2) is 23.4 Å². The molecule has 0 bridgehead atoms. The van der Waals surface area contributed by atoms with Gasteiger partial charge >= 0.3 is 0 Å². The van der Waals surface area contributed by atoms with Crippen LogP contribution in [0.3, 0.4) is 0 Å². The number of nitrogens with zero attached hydrogens (tertiary/aromatic N) is 2. The zero-order chi connectivity index (χ0) is 14.7. The number of anilines is 1. The molecule has 21 heavy (non-hydrogen) atoms. The number of oxime groups is 1. The fourth-order valence-electron chi connectivity index (χ4n) is 2.72. The van der Waals surface area contributed by atoms with Gasteiger partial charge in [-0.3, -0.25) is 0 Å². The predicted molar refractivity (Wildman–Crippen MR) is 82.7 cm³/mol. The Balaban J connectivity index is 1.77. The molecule has 1 aromatic carbocycles. The summed E-state index contributed by atoms with van der Waals surface area (Å²) in [7, 11) is 0. The highest BCUT2D eigenvalue weighted by atomic mass is 16.4. The van der Waals surface area contributed by atoms with Crippen LogP contribution in [0.4, 0.5) is 5.95 Å². The number of fused-ring (bicyclic) bond motifs is 1. The molecular formula is C14H20N6O. The summed E-state index contributed by atoms with van der Waals surface area (Å²) < 4.78 is 0. The maximum absolute atomic E-state index is 8.83. The largest absolute Gasteiger partial charge is 0.409 e. The lowest BCUT2D eigenvalue weighted by Crippen LogP contribution is -2.33. The number of aromatic amines is 1. The molecule has 1 aromatic heterocycles. The van der Waals surface area contributed by atoms with Crippen molar-refractivity contribution in [2.45, 2.75) is 12.8 Å². The molecule has 7 nitrogen and oxygen atoms in total. The van der Waals surface area contributed by atoms with Crippen molar-refractivity contribution >= 4 is 22.8 Å². The zero-order valence-electron chi connectivity index (χ0n) is 11.8. The summed E-state index contributed by atoms with van der Waals surface area (Å²) in [5.74, 6) is 1.41. The first-order valence-corrected chi connectivity index (χ1v) is 7.19. The summed E-state index contributed by atoms with van der Waals surface area (Å²) in [5.41, 5.74) is 7.90. The van der Waals surface area contributed by atoms with Crippen molar-refractivity contribution in [1.29, 1.82) is 0 Å². The van der Waals surface area contributed by atoms with Crippen LogP contribution < -0.4 is 16.4 Å². The van der Waals surface area contributed by atoms with Crippen molar-refractivity contribution in [3.05, 3.63) is 23.8 Å². The minimum Gasteiger partial charge on any atom is -0.409 e. The van der Waals surface area contributed by atoms with E-state index in [0.717, 1.165) is 30.7 Å². The molecule has 0 aliphatic carbocycles. The fourth-order valence-corrected chi connectivity index (χ4v) is 2.72. The summed E-state index contributed by atoms with van der Waals surface area (Å²) in [6.45, 7) is 3.04. The van der Waals surface area contributed by atoms with Crippen LogP contribution >= 0.6 is 0 Å². The molecule has 0 spiro atoms. The fraction of sp³-hybridized carbons (Fsp3) is 0.429. The number of piperidine rings is 1. The first-order valence-electron chi connectivity index (χ1n) is 7.19. The molecule has 3 rings (SSSR count). The Morgan fingerprint density at radius 3 is 3.19 bits per heavy atom. The van der Waals surface area contributed by atoms with Gasteiger partial charge in [0.1, 0.15) is 0 Å². The van der Waals surface area contributed by atoms with Gasteiger partial charge in [-0.2, -0.15) is 0 Å². The molecule has 0 saturated carbocycles. The summed E-state index contributed by atoms with van der Waals surface area (Å²) in [6, 6.07) is 5.53. The number of imidazole rings is 1. The monoisotopic (exact) mass is 288 g/mol. The van der Waals surface area contributed by atoms with Gasteiger partial charge in [-0.1, -0.05) is 11.2 Å². The smallest absolute Gasteiger partial charge is 0.201 e. The average molecular weight is 288 g/mol. The van der Waals surface area contributed by atoms with E-state index < -0.39 is 0 Å². The van der Waals surface area contributed by atoms with E-state index in [0.29, 0.717) is 17.4 Å². The third-order valence-corrected chi connectivity index (χ3v) is 3.86. The molecule has 1 aliphatic rings. The maximum Gasteiger partial charge on any atom is 0.201 e. The van der Waals surface area contributed by atoms with Crippen LogP contribution in [0.1, 0.15) is 18.4 Å². The van der Waals surface area contributed by atoms with Gasteiger partial charge in [0.2, 0.25) is 5.95 Å². The van der Waals surface area contributed by atoms with Crippen LogP contribution in [-0.4, -0.2) is 40.6 Å². The Kier molecular flexibility index (Phi) is 3.92. The molecule has 1 unspecified atom stereocenters. The average Bonchev–Trinajstić information content (AvgIpc) is 2.96. The summed E-state index contributed by atoms with van der Waals surface area (Å²) in [5, 5.41) is 18.6. The number of nitrogens with two attached hydrogens (primary N) is 1. The van der Waals surface area contributed by atoms with Crippen LogP contribution in [0.5, 0.6) is 0 Å². The standard InChI is InChI=1S/C14H20N6O/c15-13(20-21)10-4-1-5-11-12(10)19-14(18-11)17-8-9-3-2-6-16-7-9/h1,4-5,9,16,21H,2-3,6-8H2,(H2,15,20)(H2,17,18,19). The van der Waals surface area contributed by atoms with Gasteiger partial charge in [0.15, 0.2) is 5.84 Å². The lowest BCUT2D eigenvalue weighted by molar-refractivity contribution is 0.318. The first kappa shape index (κ1) is 13.7. The number of nitrogens with one attached hydrogen (secondary N) is 3. The Labute approximate surface area is 122 Å². The molecular weight excluding hydrogens is 268 g/mol. The van der Waals surface area contributed by atoms with Gasteiger partial charge in [0.25, 0.3) is 0 Å². The third-order valence-electron chi connectivity index (χ3n) is 3.86. The van der Waals surface area contributed by atoms with Gasteiger partial charge in [-0.25, -0.2) is 4.98 Å². The van der Waals surface area contributed by atoms with Crippen LogP contribution in [0, 0.1) is 5.92 Å². The van der Waals surface area contributed by atoms with Gasteiger partial charge in [-0.05, 0) is 44.0 Å². The Bertz CT molecular complexity index is 644. The highest BCUT2D eigenvalue weighted by Gasteiger charge is 2.14.